The summed E-state index contributed by atoms with van der Waals surface area (Å²) in [6.45, 7) is 3.37. The van der Waals surface area contributed by atoms with Gasteiger partial charge in [0.15, 0.2) is 0 Å². The normalized spacial score (nSPS) is 15.7. The van der Waals surface area contributed by atoms with Crippen molar-refractivity contribution in [3.8, 4) is 0 Å². The van der Waals surface area contributed by atoms with Crippen molar-refractivity contribution in [3.05, 3.63) is 53.6 Å². The Morgan fingerprint density at radius 3 is 2.26 bits per heavy atom. The van der Waals surface area contributed by atoms with Crippen LogP contribution in [0.2, 0.25) is 0 Å². The van der Waals surface area contributed by atoms with Gasteiger partial charge in [-0.25, -0.2) is 8.42 Å². The first-order valence-electron chi connectivity index (χ1n) is 9.68. The lowest BCUT2D eigenvalue weighted by molar-refractivity contribution is -0.137. The molecule has 10 heteroatoms. The molecule has 1 aliphatic heterocycles. The van der Waals surface area contributed by atoms with Crippen molar-refractivity contribution < 1.29 is 26.4 Å². The van der Waals surface area contributed by atoms with E-state index in [2.05, 4.69) is 11.6 Å². The fraction of sp³-hybridized carbons (Fsp3) is 0.381. The topological polar surface area (TPSA) is 66.5 Å². The first kappa shape index (κ1) is 23.5. The molecule has 1 saturated heterocycles. The Balaban J connectivity index is 1.86. The van der Waals surface area contributed by atoms with Crippen molar-refractivity contribution in [1.82, 2.24) is 4.90 Å². The highest BCUT2D eigenvalue weighted by Gasteiger charge is 2.30. The SMILES string of the molecule is CSc1ccc(S(=O)(=O)Nc2ccc(C(F)(F)F)cc2)cc1C(=O)N1CCC(C)CC1. The van der Waals surface area contributed by atoms with Gasteiger partial charge in [0.05, 0.1) is 16.0 Å². The van der Waals surface area contributed by atoms with Gasteiger partial charge in [0, 0.05) is 23.7 Å². The number of hydrogen-bond donors (Lipinski definition) is 1. The first-order valence-corrected chi connectivity index (χ1v) is 12.4. The van der Waals surface area contributed by atoms with Crippen molar-refractivity contribution in [1.29, 1.82) is 0 Å². The monoisotopic (exact) mass is 472 g/mol. The number of sulfonamides is 1. The minimum absolute atomic E-state index is 0.000150. The number of thioether (sulfide) groups is 1. The van der Waals surface area contributed by atoms with Gasteiger partial charge in [-0.2, -0.15) is 13.2 Å². The molecule has 0 spiro atoms. The second-order valence-electron chi connectivity index (χ2n) is 7.52. The van der Waals surface area contributed by atoms with Crippen LogP contribution in [-0.2, 0) is 16.2 Å². The molecule has 1 aliphatic rings. The lowest BCUT2D eigenvalue weighted by atomic mass is 9.98. The smallest absolute Gasteiger partial charge is 0.339 e. The summed E-state index contributed by atoms with van der Waals surface area (Å²) in [6.07, 6.45) is -0.910. The number of hydrogen-bond acceptors (Lipinski definition) is 4. The highest BCUT2D eigenvalue weighted by Crippen LogP contribution is 2.31. The lowest BCUT2D eigenvalue weighted by Crippen LogP contribution is -2.38. The van der Waals surface area contributed by atoms with Crippen LogP contribution in [0.5, 0.6) is 0 Å². The lowest BCUT2D eigenvalue weighted by Gasteiger charge is -2.30. The maximum atomic E-state index is 13.0. The van der Waals surface area contributed by atoms with E-state index in [4.69, 9.17) is 0 Å². The summed E-state index contributed by atoms with van der Waals surface area (Å²) in [5, 5.41) is 0. The van der Waals surface area contributed by atoms with Crippen LogP contribution in [0.4, 0.5) is 18.9 Å². The third-order valence-corrected chi connectivity index (χ3v) is 7.42. The largest absolute Gasteiger partial charge is 0.416 e. The summed E-state index contributed by atoms with van der Waals surface area (Å²) >= 11 is 1.35. The van der Waals surface area contributed by atoms with E-state index in [1.807, 2.05) is 0 Å². The van der Waals surface area contributed by atoms with Crippen LogP contribution in [0.15, 0.2) is 52.3 Å². The van der Waals surface area contributed by atoms with Gasteiger partial charge < -0.3 is 4.90 Å². The van der Waals surface area contributed by atoms with Crippen LogP contribution < -0.4 is 4.72 Å². The summed E-state index contributed by atoms with van der Waals surface area (Å²) in [5.74, 6) is 0.326. The number of halogens is 3. The summed E-state index contributed by atoms with van der Waals surface area (Å²) < 4.78 is 66.0. The number of rotatable bonds is 5. The van der Waals surface area contributed by atoms with Crippen molar-refractivity contribution >= 4 is 33.4 Å². The Hall–Kier alpha value is -2.20. The second-order valence-corrected chi connectivity index (χ2v) is 10.0. The average molecular weight is 473 g/mol. The van der Waals surface area contributed by atoms with Crippen molar-refractivity contribution in [2.45, 2.75) is 35.7 Å². The quantitative estimate of drug-likeness (QED) is 0.615. The van der Waals surface area contributed by atoms with Gasteiger partial charge in [-0.1, -0.05) is 6.92 Å². The molecule has 0 unspecified atom stereocenters. The molecule has 31 heavy (non-hydrogen) atoms. The molecular formula is C21H23F3N2O3S2. The van der Waals surface area contributed by atoms with Gasteiger partial charge >= 0.3 is 6.18 Å². The molecule has 5 nitrogen and oxygen atoms in total. The molecule has 1 fully saturated rings. The first-order chi connectivity index (χ1) is 14.5. The van der Waals surface area contributed by atoms with Crippen LogP contribution in [0.25, 0.3) is 0 Å². The number of amides is 1. The molecule has 1 heterocycles. The zero-order chi connectivity index (χ0) is 22.8. The summed E-state index contributed by atoms with van der Waals surface area (Å²) in [6, 6.07) is 8.01. The Kier molecular flexibility index (Phi) is 6.90. The number of carbonyl (C=O) groups excluding carboxylic acids is 1. The molecule has 0 radical (unpaired) electrons. The molecule has 0 aromatic heterocycles. The van der Waals surface area contributed by atoms with E-state index in [1.54, 1.807) is 17.2 Å². The summed E-state index contributed by atoms with van der Waals surface area (Å²) in [7, 11) is -4.09. The Morgan fingerprint density at radius 1 is 1.10 bits per heavy atom. The third kappa shape index (κ3) is 5.54. The van der Waals surface area contributed by atoms with E-state index in [-0.39, 0.29) is 16.5 Å². The van der Waals surface area contributed by atoms with E-state index in [9.17, 15) is 26.4 Å². The van der Waals surface area contributed by atoms with Crippen LogP contribution in [0.1, 0.15) is 35.7 Å². The van der Waals surface area contributed by atoms with Gasteiger partial charge in [0.1, 0.15) is 0 Å². The second kappa shape index (κ2) is 9.12. The highest BCUT2D eigenvalue weighted by atomic mass is 32.2. The number of benzene rings is 2. The number of piperidine rings is 1. The number of nitrogens with one attached hydrogen (secondary N) is 1. The molecule has 1 amide bonds. The Morgan fingerprint density at radius 2 is 1.71 bits per heavy atom. The number of carbonyl (C=O) groups is 1. The number of nitrogens with zero attached hydrogens (tertiary/aromatic N) is 1. The molecule has 0 bridgehead atoms. The molecule has 0 atom stereocenters. The van der Waals surface area contributed by atoms with Gasteiger partial charge in [-0.05, 0) is 67.5 Å². The Bertz CT molecular complexity index is 1050. The summed E-state index contributed by atoms with van der Waals surface area (Å²) in [5.41, 5.74) is -0.569. The average Bonchev–Trinajstić information content (AvgIpc) is 2.72. The standard InChI is InChI=1S/C21H23F3N2O3S2/c1-14-9-11-26(12-10-14)20(27)18-13-17(7-8-19(18)30-2)31(28,29)25-16-5-3-15(4-6-16)21(22,23)24/h3-8,13-14,25H,9-12H2,1-2H3. The number of alkyl halides is 3. The van der Waals surface area contributed by atoms with Crippen LogP contribution >= 0.6 is 11.8 Å². The van der Waals surface area contributed by atoms with E-state index < -0.39 is 21.8 Å². The molecule has 2 aromatic rings. The zero-order valence-corrected chi connectivity index (χ0v) is 18.7. The van der Waals surface area contributed by atoms with E-state index >= 15 is 0 Å². The zero-order valence-electron chi connectivity index (χ0n) is 17.1. The van der Waals surface area contributed by atoms with Crippen LogP contribution in [-0.4, -0.2) is 38.6 Å². The molecule has 1 N–H and O–H groups in total. The van der Waals surface area contributed by atoms with Crippen molar-refractivity contribution in [2.75, 3.05) is 24.1 Å². The molecule has 0 saturated carbocycles. The maximum absolute atomic E-state index is 13.0. The highest BCUT2D eigenvalue weighted by molar-refractivity contribution is 7.98. The third-order valence-electron chi connectivity index (χ3n) is 5.25. The predicted octanol–water partition coefficient (Wildman–Crippen LogP) is 5.10. The number of anilines is 1. The van der Waals surface area contributed by atoms with Gasteiger partial charge in [0.25, 0.3) is 15.9 Å². The van der Waals surface area contributed by atoms with Crippen LogP contribution in [0, 0.1) is 5.92 Å². The predicted molar refractivity (Wildman–Crippen MR) is 115 cm³/mol. The number of likely N-dealkylation sites (tertiary alicyclic amines) is 1. The molecule has 3 rings (SSSR count). The fourth-order valence-corrected chi connectivity index (χ4v) is 5.00. The molecule has 0 aliphatic carbocycles. The Labute approximate surface area is 184 Å². The van der Waals surface area contributed by atoms with E-state index in [0.29, 0.717) is 29.5 Å². The molecule has 168 valence electrons. The maximum Gasteiger partial charge on any atom is 0.416 e. The van der Waals surface area contributed by atoms with E-state index in [1.165, 1.54) is 23.9 Å². The van der Waals surface area contributed by atoms with E-state index in [0.717, 1.165) is 37.1 Å². The molecular weight excluding hydrogens is 449 g/mol. The van der Waals surface area contributed by atoms with Gasteiger partial charge in [0.2, 0.25) is 0 Å². The van der Waals surface area contributed by atoms with Gasteiger partial charge in [-0.15, -0.1) is 11.8 Å². The van der Waals surface area contributed by atoms with Crippen LogP contribution in [0.3, 0.4) is 0 Å². The van der Waals surface area contributed by atoms with Crippen molar-refractivity contribution in [3.63, 3.8) is 0 Å². The van der Waals surface area contributed by atoms with Gasteiger partial charge in [-0.3, -0.25) is 9.52 Å². The molecule has 2 aromatic carbocycles. The minimum atomic E-state index is -4.51. The fourth-order valence-electron chi connectivity index (χ4n) is 3.34. The summed E-state index contributed by atoms with van der Waals surface area (Å²) in [4.78, 5) is 15.3. The van der Waals surface area contributed by atoms with Crippen molar-refractivity contribution in [2.24, 2.45) is 5.92 Å². The minimum Gasteiger partial charge on any atom is -0.339 e.